The predicted octanol–water partition coefficient (Wildman–Crippen LogP) is 3.58. The zero-order chi connectivity index (χ0) is 13.0. The number of pyridine rings is 1. The van der Waals surface area contributed by atoms with Crippen LogP contribution in [0.25, 0.3) is 0 Å². The standard InChI is InChI=1S/C14H14BrFN2/c1-10-3-2-4-13(18-10)9-17-8-11-7-12(15)5-6-14(11)16/h2-7,17H,8-9H2,1H3. The number of halogens is 2. The molecule has 1 aromatic heterocycles. The van der Waals surface area contributed by atoms with Gasteiger partial charge in [0.2, 0.25) is 0 Å². The molecule has 0 aliphatic heterocycles. The highest BCUT2D eigenvalue weighted by Gasteiger charge is 2.02. The normalized spacial score (nSPS) is 10.6. The first-order valence-corrected chi connectivity index (χ1v) is 6.51. The molecule has 2 rings (SSSR count). The van der Waals surface area contributed by atoms with Gasteiger partial charge < -0.3 is 5.32 Å². The van der Waals surface area contributed by atoms with Crippen LogP contribution in [0, 0.1) is 12.7 Å². The number of aromatic nitrogens is 1. The van der Waals surface area contributed by atoms with Crippen molar-refractivity contribution in [2.24, 2.45) is 0 Å². The number of nitrogens with one attached hydrogen (secondary N) is 1. The molecule has 2 nitrogen and oxygen atoms in total. The van der Waals surface area contributed by atoms with Crippen LogP contribution >= 0.6 is 15.9 Å². The van der Waals surface area contributed by atoms with Crippen molar-refractivity contribution in [2.45, 2.75) is 20.0 Å². The minimum absolute atomic E-state index is 0.192. The molecule has 0 unspecified atom stereocenters. The van der Waals surface area contributed by atoms with Gasteiger partial charge >= 0.3 is 0 Å². The first-order chi connectivity index (χ1) is 8.65. The molecule has 0 atom stereocenters. The van der Waals surface area contributed by atoms with Crippen molar-refractivity contribution in [3.05, 3.63) is 63.6 Å². The molecule has 1 heterocycles. The molecule has 4 heteroatoms. The van der Waals surface area contributed by atoms with Gasteiger partial charge in [-0.25, -0.2) is 4.39 Å². The van der Waals surface area contributed by atoms with Gasteiger partial charge in [0.15, 0.2) is 0 Å². The van der Waals surface area contributed by atoms with E-state index in [2.05, 4.69) is 26.2 Å². The van der Waals surface area contributed by atoms with Crippen LogP contribution in [0.3, 0.4) is 0 Å². The Morgan fingerprint density at radius 1 is 1.22 bits per heavy atom. The smallest absolute Gasteiger partial charge is 0.127 e. The van der Waals surface area contributed by atoms with E-state index in [9.17, 15) is 4.39 Å². The number of aryl methyl sites for hydroxylation is 1. The average molecular weight is 309 g/mol. The van der Waals surface area contributed by atoms with Crippen molar-refractivity contribution < 1.29 is 4.39 Å². The van der Waals surface area contributed by atoms with Crippen molar-refractivity contribution >= 4 is 15.9 Å². The summed E-state index contributed by atoms with van der Waals surface area (Å²) < 4.78 is 14.4. The minimum Gasteiger partial charge on any atom is -0.307 e. The van der Waals surface area contributed by atoms with Crippen LogP contribution in [-0.2, 0) is 13.1 Å². The Labute approximate surface area is 114 Å². The molecule has 0 saturated carbocycles. The molecule has 0 amide bonds. The van der Waals surface area contributed by atoms with Crippen molar-refractivity contribution in [2.75, 3.05) is 0 Å². The Kier molecular flexibility index (Phi) is 4.44. The number of benzene rings is 1. The Bertz CT molecular complexity index is 543. The SMILES string of the molecule is Cc1cccc(CNCc2cc(Br)ccc2F)n1. The van der Waals surface area contributed by atoms with Crippen LogP contribution in [0.5, 0.6) is 0 Å². The van der Waals surface area contributed by atoms with Gasteiger partial charge in [-0.2, -0.15) is 0 Å². The molecule has 0 aliphatic rings. The van der Waals surface area contributed by atoms with E-state index < -0.39 is 0 Å². The maximum absolute atomic E-state index is 13.5. The van der Waals surface area contributed by atoms with Crippen molar-refractivity contribution in [3.8, 4) is 0 Å². The van der Waals surface area contributed by atoms with Gasteiger partial charge in [-0.3, -0.25) is 4.98 Å². The third-order valence-electron chi connectivity index (χ3n) is 2.58. The summed E-state index contributed by atoms with van der Waals surface area (Å²) in [6.07, 6.45) is 0. The fraction of sp³-hybridized carbons (Fsp3) is 0.214. The molecular weight excluding hydrogens is 295 g/mol. The van der Waals surface area contributed by atoms with Crippen LogP contribution < -0.4 is 5.32 Å². The lowest BCUT2D eigenvalue weighted by molar-refractivity contribution is 0.585. The summed E-state index contributed by atoms with van der Waals surface area (Å²) in [5, 5.41) is 3.19. The molecule has 2 aromatic rings. The van der Waals surface area contributed by atoms with Crippen molar-refractivity contribution in [1.29, 1.82) is 0 Å². The number of hydrogen-bond donors (Lipinski definition) is 1. The zero-order valence-corrected chi connectivity index (χ0v) is 11.7. The molecule has 0 aliphatic carbocycles. The fourth-order valence-corrected chi connectivity index (χ4v) is 2.11. The first kappa shape index (κ1) is 13.2. The molecule has 0 bridgehead atoms. The van der Waals surface area contributed by atoms with Gasteiger partial charge in [0.25, 0.3) is 0 Å². The van der Waals surface area contributed by atoms with E-state index in [0.717, 1.165) is 15.9 Å². The van der Waals surface area contributed by atoms with Crippen LogP contribution in [0.4, 0.5) is 4.39 Å². The van der Waals surface area contributed by atoms with E-state index in [0.29, 0.717) is 18.7 Å². The second-order valence-corrected chi connectivity index (χ2v) is 5.03. The van der Waals surface area contributed by atoms with E-state index >= 15 is 0 Å². The Balaban J connectivity index is 1.94. The molecule has 0 saturated heterocycles. The van der Waals surface area contributed by atoms with E-state index in [1.807, 2.05) is 25.1 Å². The van der Waals surface area contributed by atoms with Gasteiger partial charge in [-0.15, -0.1) is 0 Å². The van der Waals surface area contributed by atoms with E-state index in [4.69, 9.17) is 0 Å². The summed E-state index contributed by atoms with van der Waals surface area (Å²) in [6.45, 7) is 3.08. The maximum Gasteiger partial charge on any atom is 0.127 e. The molecule has 0 radical (unpaired) electrons. The van der Waals surface area contributed by atoms with E-state index in [1.54, 1.807) is 12.1 Å². The van der Waals surface area contributed by atoms with Gasteiger partial charge in [0.1, 0.15) is 5.82 Å². The number of rotatable bonds is 4. The van der Waals surface area contributed by atoms with Gasteiger partial charge in [0.05, 0.1) is 5.69 Å². The first-order valence-electron chi connectivity index (χ1n) is 5.72. The monoisotopic (exact) mass is 308 g/mol. The van der Waals surface area contributed by atoms with Crippen LogP contribution in [0.1, 0.15) is 17.0 Å². The van der Waals surface area contributed by atoms with Crippen LogP contribution in [-0.4, -0.2) is 4.98 Å². The lowest BCUT2D eigenvalue weighted by atomic mass is 10.2. The molecule has 1 aromatic carbocycles. The zero-order valence-electron chi connectivity index (χ0n) is 10.1. The maximum atomic E-state index is 13.5. The molecule has 18 heavy (non-hydrogen) atoms. The summed E-state index contributed by atoms with van der Waals surface area (Å²) >= 11 is 3.34. The Hall–Kier alpha value is -1.26. The third-order valence-corrected chi connectivity index (χ3v) is 3.07. The fourth-order valence-electron chi connectivity index (χ4n) is 1.70. The highest BCUT2D eigenvalue weighted by Crippen LogP contribution is 2.15. The van der Waals surface area contributed by atoms with Crippen molar-refractivity contribution in [1.82, 2.24) is 10.3 Å². The van der Waals surface area contributed by atoms with Gasteiger partial charge in [0, 0.05) is 28.8 Å². The Morgan fingerprint density at radius 3 is 2.83 bits per heavy atom. The summed E-state index contributed by atoms with van der Waals surface area (Å²) in [5.41, 5.74) is 2.60. The summed E-state index contributed by atoms with van der Waals surface area (Å²) in [6, 6.07) is 10.8. The third kappa shape index (κ3) is 3.62. The van der Waals surface area contributed by atoms with Crippen LogP contribution in [0.2, 0.25) is 0 Å². The molecule has 94 valence electrons. The second-order valence-electron chi connectivity index (χ2n) is 4.11. The molecule has 0 spiro atoms. The number of hydrogen-bond acceptors (Lipinski definition) is 2. The Morgan fingerprint density at radius 2 is 2.06 bits per heavy atom. The van der Waals surface area contributed by atoms with Gasteiger partial charge in [-0.1, -0.05) is 22.0 Å². The minimum atomic E-state index is -0.192. The lowest BCUT2D eigenvalue weighted by Crippen LogP contribution is -2.14. The highest BCUT2D eigenvalue weighted by molar-refractivity contribution is 9.10. The highest BCUT2D eigenvalue weighted by atomic mass is 79.9. The molecular formula is C14H14BrFN2. The topological polar surface area (TPSA) is 24.9 Å². The molecule has 0 fully saturated rings. The second kappa shape index (κ2) is 6.07. The molecule has 1 N–H and O–H groups in total. The summed E-state index contributed by atoms with van der Waals surface area (Å²) in [4.78, 5) is 4.38. The quantitative estimate of drug-likeness (QED) is 0.934. The van der Waals surface area contributed by atoms with E-state index in [-0.39, 0.29) is 5.82 Å². The lowest BCUT2D eigenvalue weighted by Gasteiger charge is -2.06. The number of nitrogens with zero attached hydrogens (tertiary/aromatic N) is 1. The van der Waals surface area contributed by atoms with Crippen molar-refractivity contribution in [3.63, 3.8) is 0 Å². The average Bonchev–Trinajstić information content (AvgIpc) is 2.34. The summed E-state index contributed by atoms with van der Waals surface area (Å²) in [7, 11) is 0. The van der Waals surface area contributed by atoms with Gasteiger partial charge in [-0.05, 0) is 37.3 Å². The summed E-state index contributed by atoms with van der Waals surface area (Å²) in [5.74, 6) is -0.192. The largest absolute Gasteiger partial charge is 0.307 e. The van der Waals surface area contributed by atoms with Crippen LogP contribution in [0.15, 0.2) is 40.9 Å². The van der Waals surface area contributed by atoms with E-state index in [1.165, 1.54) is 6.07 Å². The predicted molar refractivity (Wildman–Crippen MR) is 73.6 cm³/mol.